The Bertz CT molecular complexity index is 352. The Hall–Kier alpha value is -0.860. The van der Waals surface area contributed by atoms with Gasteiger partial charge in [0.2, 0.25) is 0 Å². The molecule has 2 heteroatoms. The van der Waals surface area contributed by atoms with Crippen molar-refractivity contribution < 1.29 is 4.74 Å². The number of hydrogen-bond donors (Lipinski definition) is 1. The molecule has 0 amide bonds. The zero-order valence-corrected chi connectivity index (χ0v) is 11.7. The fourth-order valence-electron chi connectivity index (χ4n) is 2.66. The van der Waals surface area contributed by atoms with Crippen molar-refractivity contribution in [3.63, 3.8) is 0 Å². The van der Waals surface area contributed by atoms with Crippen LogP contribution in [0.15, 0.2) is 24.3 Å². The Morgan fingerprint density at radius 3 is 2.67 bits per heavy atom. The highest BCUT2D eigenvalue weighted by molar-refractivity contribution is 5.22. The second kappa shape index (κ2) is 6.35. The van der Waals surface area contributed by atoms with Gasteiger partial charge in [0.15, 0.2) is 0 Å². The van der Waals surface area contributed by atoms with E-state index in [-0.39, 0.29) is 0 Å². The average Bonchev–Trinajstić information content (AvgIpc) is 2.82. The van der Waals surface area contributed by atoms with Crippen LogP contribution in [0, 0.1) is 12.3 Å². The molecule has 1 saturated heterocycles. The minimum Gasteiger partial charge on any atom is -0.381 e. The molecule has 100 valence electrons. The predicted molar refractivity (Wildman–Crippen MR) is 75.9 cm³/mol. The van der Waals surface area contributed by atoms with Crippen molar-refractivity contribution in [2.24, 2.45) is 5.41 Å². The zero-order valence-electron chi connectivity index (χ0n) is 11.7. The molecule has 1 unspecified atom stereocenters. The Balaban J connectivity index is 1.99. The van der Waals surface area contributed by atoms with Gasteiger partial charge in [0.25, 0.3) is 0 Å². The standard InChI is InChI=1S/C16H25NO/c1-3-9-17-12-16(8-10-18-13-16)11-15-6-4-14(2)5-7-15/h4-7,17H,3,8-13H2,1-2H3. The van der Waals surface area contributed by atoms with Crippen LogP contribution in [-0.2, 0) is 11.2 Å². The second-order valence-corrected chi connectivity index (χ2v) is 5.64. The van der Waals surface area contributed by atoms with Crippen LogP contribution in [0.25, 0.3) is 0 Å². The molecule has 0 radical (unpaired) electrons. The topological polar surface area (TPSA) is 21.3 Å². The van der Waals surface area contributed by atoms with Crippen LogP contribution in [0.3, 0.4) is 0 Å². The maximum atomic E-state index is 5.65. The molecular formula is C16H25NO. The minimum absolute atomic E-state index is 0.310. The second-order valence-electron chi connectivity index (χ2n) is 5.64. The van der Waals surface area contributed by atoms with E-state index < -0.39 is 0 Å². The number of nitrogens with one attached hydrogen (secondary N) is 1. The molecule has 2 rings (SSSR count). The smallest absolute Gasteiger partial charge is 0.0538 e. The van der Waals surface area contributed by atoms with E-state index in [2.05, 4.69) is 43.4 Å². The third-order valence-electron chi connectivity index (χ3n) is 3.81. The SMILES string of the molecule is CCCNCC1(Cc2ccc(C)cc2)CCOC1. The summed E-state index contributed by atoms with van der Waals surface area (Å²) in [5.41, 5.74) is 3.08. The molecule has 0 aliphatic carbocycles. The molecule has 0 spiro atoms. The van der Waals surface area contributed by atoms with Crippen LogP contribution in [0.2, 0.25) is 0 Å². The molecule has 1 aromatic carbocycles. The highest BCUT2D eigenvalue weighted by atomic mass is 16.5. The quantitative estimate of drug-likeness (QED) is 0.780. The highest BCUT2D eigenvalue weighted by Gasteiger charge is 2.34. The molecule has 1 aliphatic heterocycles. The molecule has 18 heavy (non-hydrogen) atoms. The lowest BCUT2D eigenvalue weighted by Gasteiger charge is -2.28. The van der Waals surface area contributed by atoms with Crippen molar-refractivity contribution in [1.82, 2.24) is 5.32 Å². The van der Waals surface area contributed by atoms with E-state index in [4.69, 9.17) is 4.74 Å². The van der Waals surface area contributed by atoms with Crippen molar-refractivity contribution in [2.45, 2.75) is 33.1 Å². The number of benzene rings is 1. The summed E-state index contributed by atoms with van der Waals surface area (Å²) >= 11 is 0. The molecular weight excluding hydrogens is 222 g/mol. The summed E-state index contributed by atoms with van der Waals surface area (Å²) < 4.78 is 5.65. The Kier molecular flexibility index (Phi) is 4.79. The summed E-state index contributed by atoms with van der Waals surface area (Å²) in [6.45, 7) is 8.35. The normalized spacial score (nSPS) is 23.4. The van der Waals surface area contributed by atoms with Gasteiger partial charge in [0.05, 0.1) is 6.61 Å². The van der Waals surface area contributed by atoms with Crippen LogP contribution in [0.1, 0.15) is 30.9 Å². The van der Waals surface area contributed by atoms with Gasteiger partial charge >= 0.3 is 0 Å². The maximum absolute atomic E-state index is 5.65. The zero-order chi connectivity index (χ0) is 12.8. The summed E-state index contributed by atoms with van der Waals surface area (Å²) in [5.74, 6) is 0. The molecule has 0 bridgehead atoms. The summed E-state index contributed by atoms with van der Waals surface area (Å²) in [4.78, 5) is 0. The van der Waals surface area contributed by atoms with Gasteiger partial charge in [-0.2, -0.15) is 0 Å². The first-order chi connectivity index (χ1) is 8.74. The van der Waals surface area contributed by atoms with E-state index in [1.807, 2.05) is 0 Å². The molecule has 1 atom stereocenters. The van der Waals surface area contributed by atoms with E-state index in [1.54, 1.807) is 0 Å². The lowest BCUT2D eigenvalue weighted by atomic mass is 9.80. The molecule has 0 saturated carbocycles. The molecule has 1 aliphatic rings. The van der Waals surface area contributed by atoms with Crippen molar-refractivity contribution in [3.8, 4) is 0 Å². The van der Waals surface area contributed by atoms with Crippen molar-refractivity contribution >= 4 is 0 Å². The van der Waals surface area contributed by atoms with Gasteiger partial charge in [-0.1, -0.05) is 36.8 Å². The van der Waals surface area contributed by atoms with Crippen LogP contribution in [0.5, 0.6) is 0 Å². The van der Waals surface area contributed by atoms with Crippen molar-refractivity contribution in [1.29, 1.82) is 0 Å². The monoisotopic (exact) mass is 247 g/mol. The van der Waals surface area contributed by atoms with Crippen LogP contribution >= 0.6 is 0 Å². The number of hydrogen-bond acceptors (Lipinski definition) is 2. The van der Waals surface area contributed by atoms with Gasteiger partial charge in [-0.05, 0) is 38.3 Å². The van der Waals surface area contributed by atoms with Crippen molar-refractivity contribution in [3.05, 3.63) is 35.4 Å². The fourth-order valence-corrected chi connectivity index (χ4v) is 2.66. The van der Waals surface area contributed by atoms with Gasteiger partial charge in [0.1, 0.15) is 0 Å². The molecule has 1 heterocycles. The van der Waals surface area contributed by atoms with E-state index in [1.165, 1.54) is 24.0 Å². The molecule has 2 nitrogen and oxygen atoms in total. The van der Waals surface area contributed by atoms with E-state index in [0.29, 0.717) is 5.41 Å². The average molecular weight is 247 g/mol. The van der Waals surface area contributed by atoms with Crippen LogP contribution in [-0.4, -0.2) is 26.3 Å². The molecule has 1 N–H and O–H groups in total. The van der Waals surface area contributed by atoms with Crippen molar-refractivity contribution in [2.75, 3.05) is 26.3 Å². The Morgan fingerprint density at radius 2 is 2.06 bits per heavy atom. The van der Waals surface area contributed by atoms with Gasteiger partial charge in [-0.3, -0.25) is 0 Å². The van der Waals surface area contributed by atoms with Crippen LogP contribution < -0.4 is 5.32 Å². The highest BCUT2D eigenvalue weighted by Crippen LogP contribution is 2.32. The third-order valence-corrected chi connectivity index (χ3v) is 3.81. The Labute approximate surface area is 111 Å². The Morgan fingerprint density at radius 1 is 1.28 bits per heavy atom. The maximum Gasteiger partial charge on any atom is 0.0538 e. The molecule has 1 aromatic rings. The predicted octanol–water partition coefficient (Wildman–Crippen LogP) is 2.94. The summed E-state index contributed by atoms with van der Waals surface area (Å²) in [6.07, 6.45) is 3.50. The lowest BCUT2D eigenvalue weighted by Crippen LogP contribution is -2.37. The molecule has 0 aromatic heterocycles. The first-order valence-electron chi connectivity index (χ1n) is 7.08. The van der Waals surface area contributed by atoms with Gasteiger partial charge in [-0.15, -0.1) is 0 Å². The van der Waals surface area contributed by atoms with Gasteiger partial charge < -0.3 is 10.1 Å². The minimum atomic E-state index is 0.310. The third kappa shape index (κ3) is 3.56. The largest absolute Gasteiger partial charge is 0.381 e. The summed E-state index contributed by atoms with van der Waals surface area (Å²) in [7, 11) is 0. The number of rotatable bonds is 6. The number of aryl methyl sites for hydroxylation is 1. The summed E-state index contributed by atoms with van der Waals surface area (Å²) in [5, 5.41) is 3.57. The lowest BCUT2D eigenvalue weighted by molar-refractivity contribution is 0.149. The first kappa shape index (κ1) is 13.6. The van der Waals surface area contributed by atoms with Crippen LogP contribution in [0.4, 0.5) is 0 Å². The van der Waals surface area contributed by atoms with Gasteiger partial charge in [0, 0.05) is 18.6 Å². The van der Waals surface area contributed by atoms with Gasteiger partial charge in [-0.25, -0.2) is 0 Å². The van der Waals surface area contributed by atoms with E-state index in [9.17, 15) is 0 Å². The van der Waals surface area contributed by atoms with E-state index in [0.717, 1.165) is 32.7 Å². The first-order valence-corrected chi connectivity index (χ1v) is 7.08. The molecule has 1 fully saturated rings. The fraction of sp³-hybridized carbons (Fsp3) is 0.625. The van der Waals surface area contributed by atoms with E-state index >= 15 is 0 Å². The summed E-state index contributed by atoms with van der Waals surface area (Å²) in [6, 6.07) is 8.93. The number of ether oxygens (including phenoxy) is 1.